The van der Waals surface area contributed by atoms with Gasteiger partial charge in [-0.05, 0) is 48.5 Å². The van der Waals surface area contributed by atoms with Crippen LogP contribution in [0, 0.1) is 3.57 Å². The zero-order chi connectivity index (χ0) is 29.3. The van der Waals surface area contributed by atoms with Crippen molar-refractivity contribution in [3.8, 4) is 0 Å². The third-order valence-corrected chi connectivity index (χ3v) is 8.62. The van der Waals surface area contributed by atoms with E-state index < -0.39 is 38.4 Å². The van der Waals surface area contributed by atoms with Gasteiger partial charge in [0.05, 0.1) is 11.4 Å². The van der Waals surface area contributed by atoms with Gasteiger partial charge in [0.25, 0.3) is 0 Å². The summed E-state index contributed by atoms with van der Waals surface area (Å²) in [5, 5.41) is 10.8. The molecule has 39 heavy (non-hydrogen) atoms. The van der Waals surface area contributed by atoms with Gasteiger partial charge in [0.1, 0.15) is 0 Å². The topological polar surface area (TPSA) is 96.4 Å². The van der Waals surface area contributed by atoms with Gasteiger partial charge in [-0.25, -0.2) is 0 Å². The van der Waals surface area contributed by atoms with Gasteiger partial charge in [0.15, 0.2) is 0 Å². The summed E-state index contributed by atoms with van der Waals surface area (Å²) in [6.45, 7) is 2.23. The number of nitrogens with zero attached hydrogens (tertiary/aromatic N) is 2. The Kier molecular flexibility index (Phi) is 12.0. The Balaban J connectivity index is 0.000000209. The van der Waals surface area contributed by atoms with E-state index in [0.717, 1.165) is 16.1 Å². The molecular formula is C25H22Cl2F3IN2O6. The van der Waals surface area contributed by atoms with Crippen molar-refractivity contribution >= 4 is 72.6 Å². The molecule has 210 valence electrons. The molecule has 1 aliphatic rings. The predicted octanol–water partition coefficient (Wildman–Crippen LogP) is 7.30. The minimum absolute atomic E-state index is 0.0470. The SMILES string of the molecule is CC(=O)N(O)c1ccc(Cl)cc1.CC(=O)N(OC(F)(F)F)c1ccc(Cl)cc1.CI1OC(=O)c2ccccc21. The molecule has 0 unspecified atom stereocenters. The quantitative estimate of drug-likeness (QED) is 0.133. The van der Waals surface area contributed by atoms with Gasteiger partial charge in [-0.1, -0.05) is 23.2 Å². The molecular weight excluding hydrogens is 679 g/mol. The molecule has 0 bridgehead atoms. The summed E-state index contributed by atoms with van der Waals surface area (Å²) in [5.41, 5.74) is 1.14. The molecule has 1 N–H and O–H groups in total. The summed E-state index contributed by atoms with van der Waals surface area (Å²) in [6, 6.07) is 19.2. The third kappa shape index (κ3) is 10.3. The van der Waals surface area contributed by atoms with Gasteiger partial charge < -0.3 is 0 Å². The number of carbonyl (C=O) groups excluding carboxylic acids is 3. The zero-order valence-electron chi connectivity index (χ0n) is 20.6. The van der Waals surface area contributed by atoms with Crippen LogP contribution in [-0.4, -0.2) is 34.3 Å². The molecule has 0 aromatic heterocycles. The summed E-state index contributed by atoms with van der Waals surface area (Å²) in [4.78, 5) is 38.3. The number of rotatable bonds is 3. The molecule has 4 rings (SSSR count). The van der Waals surface area contributed by atoms with Crippen molar-refractivity contribution in [3.05, 3.63) is 92.0 Å². The van der Waals surface area contributed by atoms with Crippen molar-refractivity contribution in [2.45, 2.75) is 20.2 Å². The molecule has 3 aromatic rings. The van der Waals surface area contributed by atoms with E-state index >= 15 is 0 Å². The van der Waals surface area contributed by atoms with Crippen molar-refractivity contribution in [1.29, 1.82) is 0 Å². The van der Waals surface area contributed by atoms with Crippen molar-refractivity contribution in [2.75, 3.05) is 15.1 Å². The Hall–Kier alpha value is -2.91. The van der Waals surface area contributed by atoms with Gasteiger partial charge in [-0.15, -0.1) is 13.2 Å². The van der Waals surface area contributed by atoms with Crippen molar-refractivity contribution in [2.24, 2.45) is 0 Å². The molecule has 0 saturated carbocycles. The number of hydrogen-bond donors (Lipinski definition) is 1. The standard InChI is InChI=1S/C9H7ClF3NO2.C8H8ClNO2.C8H7IO2/c1-6(15)14(16-9(11,12)13)8-4-2-7(10)3-5-8;1-6(11)10(12)8-4-2-7(9)3-5-8;1-9-7-5-3-2-4-6(7)8(10)11-9/h2-5H,1H3;2-5,12H,1H3;2-5H,1H3. The fraction of sp³-hybridized carbons (Fsp3) is 0.160. The van der Waals surface area contributed by atoms with Crippen LogP contribution in [-0.2, 0) is 17.5 Å². The van der Waals surface area contributed by atoms with Crippen LogP contribution in [0.4, 0.5) is 24.5 Å². The zero-order valence-corrected chi connectivity index (χ0v) is 24.2. The van der Waals surface area contributed by atoms with Crippen LogP contribution in [0.3, 0.4) is 0 Å². The molecule has 0 radical (unpaired) electrons. The van der Waals surface area contributed by atoms with Crippen LogP contribution in [0.15, 0.2) is 72.8 Å². The number of halogens is 6. The van der Waals surface area contributed by atoms with Gasteiger partial charge in [-0.3, -0.25) is 14.8 Å². The van der Waals surface area contributed by atoms with Crippen molar-refractivity contribution in [1.82, 2.24) is 0 Å². The van der Waals surface area contributed by atoms with Gasteiger partial charge in [0.2, 0.25) is 11.8 Å². The van der Waals surface area contributed by atoms with E-state index in [1.165, 1.54) is 31.2 Å². The van der Waals surface area contributed by atoms with Crippen molar-refractivity contribution in [3.63, 3.8) is 0 Å². The first-order chi connectivity index (χ1) is 18.2. The molecule has 2 amide bonds. The molecule has 0 aliphatic carbocycles. The molecule has 0 saturated heterocycles. The first kappa shape index (κ1) is 32.3. The molecule has 0 spiro atoms. The van der Waals surface area contributed by atoms with Crippen LogP contribution in [0.2, 0.25) is 10.0 Å². The van der Waals surface area contributed by atoms with Crippen LogP contribution in [0.25, 0.3) is 0 Å². The number of hydroxylamine groups is 2. The second-order valence-electron chi connectivity index (χ2n) is 7.40. The maximum atomic E-state index is 12.0. The summed E-state index contributed by atoms with van der Waals surface area (Å²) in [5.74, 6) is -1.45. The number of alkyl halides is 4. The molecule has 14 heteroatoms. The maximum absolute atomic E-state index is 12.0. The number of anilines is 2. The number of fused-ring (bicyclic) bond motifs is 1. The van der Waals surface area contributed by atoms with Crippen molar-refractivity contribution < 1.29 is 40.7 Å². The van der Waals surface area contributed by atoms with Gasteiger partial charge in [-0.2, -0.15) is 15.0 Å². The fourth-order valence-corrected chi connectivity index (χ4v) is 6.05. The Labute approximate surface area is 239 Å². The van der Waals surface area contributed by atoms with Crippen LogP contribution in [0.1, 0.15) is 24.2 Å². The fourth-order valence-electron chi connectivity index (χ4n) is 2.79. The van der Waals surface area contributed by atoms with E-state index in [0.29, 0.717) is 20.8 Å². The second kappa shape index (κ2) is 14.5. The first-order valence-electron chi connectivity index (χ1n) is 10.7. The molecule has 0 fully saturated rings. The molecule has 1 aliphatic heterocycles. The van der Waals surface area contributed by atoms with E-state index in [1.807, 2.05) is 29.2 Å². The molecule has 8 nitrogen and oxygen atoms in total. The summed E-state index contributed by atoms with van der Waals surface area (Å²) in [7, 11) is 0. The average Bonchev–Trinajstić information content (AvgIpc) is 3.17. The minimum atomic E-state index is -4.93. The molecule has 1 heterocycles. The van der Waals surface area contributed by atoms with E-state index in [2.05, 4.69) is 4.84 Å². The predicted molar refractivity (Wildman–Crippen MR) is 149 cm³/mol. The number of benzene rings is 3. The first-order valence-corrected chi connectivity index (χ1v) is 15.6. The van der Waals surface area contributed by atoms with E-state index in [-0.39, 0.29) is 16.7 Å². The van der Waals surface area contributed by atoms with Gasteiger partial charge in [0, 0.05) is 23.9 Å². The molecule has 3 aromatic carbocycles. The normalized spacial score (nSPS) is 12.6. The Morgan fingerprint density at radius 1 is 0.872 bits per heavy atom. The van der Waals surface area contributed by atoms with E-state index in [9.17, 15) is 27.6 Å². The Bertz CT molecular complexity index is 1290. The summed E-state index contributed by atoms with van der Waals surface area (Å²) in [6.07, 6.45) is -4.93. The second-order valence-corrected chi connectivity index (χ2v) is 12.3. The van der Waals surface area contributed by atoms with Crippen LogP contribution >= 0.6 is 43.4 Å². The number of carbonyl (C=O) groups is 3. The summed E-state index contributed by atoms with van der Waals surface area (Å²) < 4.78 is 42.3. The monoisotopic (exact) mass is 700 g/mol. The van der Waals surface area contributed by atoms with Crippen LogP contribution in [0.5, 0.6) is 0 Å². The Morgan fingerprint density at radius 2 is 1.36 bits per heavy atom. The summed E-state index contributed by atoms with van der Waals surface area (Å²) >= 11 is 9.65. The number of hydrogen-bond acceptors (Lipinski definition) is 6. The van der Waals surface area contributed by atoms with Crippen LogP contribution < -0.4 is 10.1 Å². The van der Waals surface area contributed by atoms with E-state index in [4.69, 9.17) is 31.5 Å². The molecule has 0 atom stereocenters. The Morgan fingerprint density at radius 3 is 1.79 bits per heavy atom. The third-order valence-electron chi connectivity index (χ3n) is 4.48. The number of amides is 2. The average molecular weight is 701 g/mol. The van der Waals surface area contributed by atoms with Gasteiger partial charge >= 0.3 is 78.8 Å². The van der Waals surface area contributed by atoms with E-state index in [1.54, 1.807) is 24.3 Å².